The van der Waals surface area contributed by atoms with E-state index in [1.54, 1.807) is 11.6 Å². The van der Waals surface area contributed by atoms with Crippen molar-refractivity contribution in [2.75, 3.05) is 13.2 Å². The van der Waals surface area contributed by atoms with E-state index in [2.05, 4.69) is 11.3 Å². The third-order valence-electron chi connectivity index (χ3n) is 5.22. The molecule has 0 radical (unpaired) electrons. The molecule has 1 aliphatic rings. The van der Waals surface area contributed by atoms with Gasteiger partial charge in [0.2, 0.25) is 0 Å². The standard InChI is InChI=1S/C21H29N3O3S/c1-13-10-15(14(2)23-28(26)20(3,4)5)17-16(11-13)18(25)24(7)19(22-17)21(6)8-9-27-12-21/h10-11H,8-9,12H2,1-7H3/t21-,28?/m0/s1. The lowest BCUT2D eigenvalue weighted by molar-refractivity contribution is 0.178. The zero-order chi connectivity index (χ0) is 20.9. The second kappa shape index (κ2) is 7.28. The maximum atomic E-state index is 13.1. The molecule has 152 valence electrons. The van der Waals surface area contributed by atoms with E-state index < -0.39 is 16.1 Å². The molecule has 0 amide bonds. The predicted molar refractivity (Wildman–Crippen MR) is 115 cm³/mol. The minimum absolute atomic E-state index is 0.0807. The largest absolute Gasteiger partial charge is 0.591 e. The number of fused-ring (bicyclic) bond motifs is 1. The number of rotatable bonds is 3. The van der Waals surface area contributed by atoms with Crippen LogP contribution >= 0.6 is 0 Å². The normalized spacial score (nSPS) is 22.1. The highest BCUT2D eigenvalue weighted by atomic mass is 32.2. The fourth-order valence-electron chi connectivity index (χ4n) is 3.49. The molecule has 1 aromatic heterocycles. The summed E-state index contributed by atoms with van der Waals surface area (Å²) < 4.78 is 23.7. The maximum absolute atomic E-state index is 13.1. The van der Waals surface area contributed by atoms with Gasteiger partial charge in [-0.05, 0) is 58.7 Å². The van der Waals surface area contributed by atoms with Gasteiger partial charge in [-0.25, -0.2) is 4.98 Å². The first kappa shape index (κ1) is 21.0. The Labute approximate surface area is 169 Å². The average molecular weight is 404 g/mol. The van der Waals surface area contributed by atoms with E-state index in [4.69, 9.17) is 9.72 Å². The minimum Gasteiger partial charge on any atom is -0.591 e. The van der Waals surface area contributed by atoms with Gasteiger partial charge in [0.15, 0.2) is 0 Å². The van der Waals surface area contributed by atoms with Gasteiger partial charge in [0.1, 0.15) is 21.9 Å². The number of nitrogens with zero attached hydrogens (tertiary/aromatic N) is 3. The van der Waals surface area contributed by atoms with Gasteiger partial charge in [-0.3, -0.25) is 9.36 Å². The molecule has 1 fully saturated rings. The SMILES string of the molecule is CC(=N[S+]([O-])C(C)(C)C)c1cc(C)cc2c(=O)n(C)c([C@@]3(C)CCOC3)nc12. The minimum atomic E-state index is -1.39. The smallest absolute Gasteiger partial charge is 0.261 e. The fraction of sp³-hybridized carbons (Fsp3) is 0.571. The van der Waals surface area contributed by atoms with Crippen molar-refractivity contribution in [3.63, 3.8) is 0 Å². The first-order valence-corrected chi connectivity index (χ1v) is 10.6. The molecule has 2 atom stereocenters. The van der Waals surface area contributed by atoms with Gasteiger partial charge in [-0.2, -0.15) is 0 Å². The Hall–Kier alpha value is -1.70. The van der Waals surface area contributed by atoms with E-state index in [0.717, 1.165) is 23.4 Å². The molecule has 1 aliphatic heterocycles. The molecule has 0 spiro atoms. The van der Waals surface area contributed by atoms with Gasteiger partial charge in [-0.15, -0.1) is 0 Å². The van der Waals surface area contributed by atoms with Gasteiger partial charge in [0, 0.05) is 19.2 Å². The Balaban J connectivity index is 2.28. The first-order chi connectivity index (χ1) is 12.9. The molecule has 3 rings (SSSR count). The molecule has 1 saturated heterocycles. The highest BCUT2D eigenvalue weighted by molar-refractivity contribution is 7.91. The molecule has 0 aliphatic carbocycles. The van der Waals surface area contributed by atoms with Crippen LogP contribution in [0.15, 0.2) is 21.3 Å². The van der Waals surface area contributed by atoms with E-state index in [9.17, 15) is 9.35 Å². The molecule has 1 aromatic carbocycles. The van der Waals surface area contributed by atoms with E-state index in [0.29, 0.717) is 29.8 Å². The van der Waals surface area contributed by atoms with E-state index in [1.165, 1.54) is 0 Å². The summed E-state index contributed by atoms with van der Waals surface area (Å²) in [5.74, 6) is 0.720. The number of aromatic nitrogens is 2. The number of aryl methyl sites for hydroxylation is 1. The summed E-state index contributed by atoms with van der Waals surface area (Å²) in [5, 5.41) is 0.555. The first-order valence-electron chi connectivity index (χ1n) is 9.51. The quantitative estimate of drug-likeness (QED) is 0.582. The van der Waals surface area contributed by atoms with Gasteiger partial charge >= 0.3 is 0 Å². The molecule has 0 N–H and O–H groups in total. The number of hydrogen-bond donors (Lipinski definition) is 0. The summed E-state index contributed by atoms with van der Waals surface area (Å²) in [6.07, 6.45) is 0.821. The molecule has 1 unspecified atom stereocenters. The van der Waals surface area contributed by atoms with Crippen molar-refractivity contribution in [2.24, 2.45) is 11.4 Å². The third-order valence-corrected chi connectivity index (χ3v) is 6.70. The van der Waals surface area contributed by atoms with Crippen LogP contribution in [0.2, 0.25) is 0 Å². The highest BCUT2D eigenvalue weighted by Crippen LogP contribution is 2.32. The van der Waals surface area contributed by atoms with Crippen molar-refractivity contribution in [3.05, 3.63) is 39.4 Å². The summed E-state index contributed by atoms with van der Waals surface area (Å²) in [4.78, 5) is 18.1. The average Bonchev–Trinajstić information content (AvgIpc) is 3.04. The summed E-state index contributed by atoms with van der Waals surface area (Å²) in [5.41, 5.74) is 2.56. The van der Waals surface area contributed by atoms with Crippen LogP contribution in [-0.2, 0) is 28.6 Å². The fourth-order valence-corrected chi connectivity index (χ4v) is 4.11. The van der Waals surface area contributed by atoms with Crippen molar-refractivity contribution in [1.82, 2.24) is 9.55 Å². The van der Waals surface area contributed by atoms with E-state index in [-0.39, 0.29) is 11.0 Å². The Bertz CT molecular complexity index is 999. The summed E-state index contributed by atoms with van der Waals surface area (Å²) in [7, 11) is 1.77. The van der Waals surface area contributed by atoms with E-state index >= 15 is 0 Å². The summed E-state index contributed by atoms with van der Waals surface area (Å²) in [6.45, 7) is 12.7. The van der Waals surface area contributed by atoms with Crippen LogP contribution in [0.5, 0.6) is 0 Å². The van der Waals surface area contributed by atoms with Crippen LogP contribution in [0.1, 0.15) is 58.0 Å². The molecular weight excluding hydrogens is 374 g/mol. The van der Waals surface area contributed by atoms with Gasteiger partial charge < -0.3 is 9.29 Å². The molecule has 2 heterocycles. The van der Waals surface area contributed by atoms with Gasteiger partial charge in [-0.1, -0.05) is 11.3 Å². The van der Waals surface area contributed by atoms with Crippen molar-refractivity contribution >= 4 is 28.0 Å². The second-order valence-corrected chi connectivity index (χ2v) is 10.8. The lowest BCUT2D eigenvalue weighted by Crippen LogP contribution is -2.34. The van der Waals surface area contributed by atoms with Crippen LogP contribution in [-0.4, -0.2) is 37.8 Å². The second-order valence-electron chi connectivity index (χ2n) is 8.91. The molecule has 6 nitrogen and oxygen atoms in total. The van der Waals surface area contributed by atoms with Gasteiger partial charge in [0.05, 0.1) is 28.6 Å². The van der Waals surface area contributed by atoms with Crippen molar-refractivity contribution in [2.45, 2.75) is 58.1 Å². The maximum Gasteiger partial charge on any atom is 0.261 e. The number of ether oxygens (including phenoxy) is 1. The molecular formula is C21H29N3O3S. The predicted octanol–water partition coefficient (Wildman–Crippen LogP) is 3.19. The molecule has 2 aromatic rings. The van der Waals surface area contributed by atoms with Crippen LogP contribution in [0, 0.1) is 6.92 Å². The Morgan fingerprint density at radius 2 is 2.07 bits per heavy atom. The Morgan fingerprint density at radius 3 is 2.64 bits per heavy atom. The Kier molecular flexibility index (Phi) is 5.47. The Morgan fingerprint density at radius 1 is 1.39 bits per heavy atom. The molecule has 28 heavy (non-hydrogen) atoms. The van der Waals surface area contributed by atoms with Crippen LogP contribution in [0.25, 0.3) is 10.9 Å². The van der Waals surface area contributed by atoms with E-state index in [1.807, 2.05) is 46.8 Å². The van der Waals surface area contributed by atoms with Crippen LogP contribution in [0.3, 0.4) is 0 Å². The molecule has 0 bridgehead atoms. The van der Waals surface area contributed by atoms with Crippen molar-refractivity contribution < 1.29 is 9.29 Å². The lowest BCUT2D eigenvalue weighted by atomic mass is 9.88. The zero-order valence-electron chi connectivity index (χ0n) is 17.8. The third kappa shape index (κ3) is 3.75. The number of hydrogen-bond acceptors (Lipinski definition) is 5. The van der Waals surface area contributed by atoms with Crippen LogP contribution in [0.4, 0.5) is 0 Å². The monoisotopic (exact) mass is 403 g/mol. The summed E-state index contributed by atoms with van der Waals surface area (Å²) in [6, 6.07) is 3.82. The lowest BCUT2D eigenvalue weighted by Gasteiger charge is -2.24. The zero-order valence-corrected chi connectivity index (χ0v) is 18.6. The summed E-state index contributed by atoms with van der Waals surface area (Å²) >= 11 is -1.39. The number of benzene rings is 1. The van der Waals surface area contributed by atoms with Gasteiger partial charge in [0.25, 0.3) is 5.56 Å². The topological polar surface area (TPSA) is 79.5 Å². The van der Waals surface area contributed by atoms with Crippen molar-refractivity contribution in [3.8, 4) is 0 Å². The molecule has 0 saturated carbocycles. The van der Waals surface area contributed by atoms with Crippen molar-refractivity contribution in [1.29, 1.82) is 0 Å². The molecule has 7 heteroatoms. The highest BCUT2D eigenvalue weighted by Gasteiger charge is 2.36. The van der Waals surface area contributed by atoms with Crippen LogP contribution < -0.4 is 5.56 Å².